The minimum absolute atomic E-state index is 0.104. The molecule has 0 radical (unpaired) electrons. The summed E-state index contributed by atoms with van der Waals surface area (Å²) in [6, 6.07) is 8.08. The van der Waals surface area contributed by atoms with Crippen molar-refractivity contribution >= 4 is 18.0 Å². The second-order valence-electron chi connectivity index (χ2n) is 9.70. The van der Waals surface area contributed by atoms with Gasteiger partial charge in [0.15, 0.2) is 0 Å². The largest absolute Gasteiger partial charge is 0.468 e. The van der Waals surface area contributed by atoms with Gasteiger partial charge in [-0.1, -0.05) is 31.2 Å². The Kier molecular flexibility index (Phi) is 8.66. The van der Waals surface area contributed by atoms with E-state index < -0.39 is 17.0 Å². The molecular formula is C24H37N3O5. The van der Waals surface area contributed by atoms with E-state index in [4.69, 9.17) is 4.74 Å². The first-order chi connectivity index (χ1) is 14.9. The highest BCUT2D eigenvalue weighted by Crippen LogP contribution is 2.32. The first-order valence-electron chi connectivity index (χ1n) is 11.0. The van der Waals surface area contributed by atoms with Crippen LogP contribution < -0.4 is 5.32 Å². The van der Waals surface area contributed by atoms with Crippen LogP contribution >= 0.6 is 0 Å². The van der Waals surface area contributed by atoms with Crippen LogP contribution in [0.3, 0.4) is 0 Å². The van der Waals surface area contributed by atoms with Crippen LogP contribution in [-0.2, 0) is 32.2 Å². The van der Waals surface area contributed by atoms with Crippen molar-refractivity contribution in [3.8, 4) is 0 Å². The van der Waals surface area contributed by atoms with E-state index in [1.165, 1.54) is 7.11 Å². The average Bonchev–Trinajstić information content (AvgIpc) is 2.73. The first-order valence-corrected chi connectivity index (χ1v) is 11.0. The predicted octanol–water partition coefficient (Wildman–Crippen LogP) is 2.94. The maximum absolute atomic E-state index is 12.6. The number of piperidine rings is 1. The smallest absolute Gasteiger partial charge is 0.410 e. The van der Waals surface area contributed by atoms with E-state index in [1.807, 2.05) is 45.9 Å². The number of esters is 1. The number of carbonyl (C=O) groups is 3. The molecule has 1 fully saturated rings. The molecule has 32 heavy (non-hydrogen) atoms. The fourth-order valence-corrected chi connectivity index (χ4v) is 3.64. The summed E-state index contributed by atoms with van der Waals surface area (Å²) in [4.78, 5) is 40.1. The van der Waals surface area contributed by atoms with E-state index in [0.29, 0.717) is 19.4 Å². The summed E-state index contributed by atoms with van der Waals surface area (Å²) >= 11 is 0. The monoisotopic (exact) mass is 447 g/mol. The molecule has 2 rings (SSSR count). The molecule has 1 saturated heterocycles. The molecular weight excluding hydrogens is 410 g/mol. The number of hydrogen-bond acceptors (Lipinski definition) is 6. The Balaban J connectivity index is 1.94. The highest BCUT2D eigenvalue weighted by Gasteiger charge is 2.37. The van der Waals surface area contributed by atoms with Crippen LogP contribution in [0.15, 0.2) is 24.3 Å². The Labute approximate surface area is 191 Å². The molecule has 0 bridgehead atoms. The molecule has 8 nitrogen and oxygen atoms in total. The molecule has 0 aliphatic carbocycles. The molecule has 1 heterocycles. The zero-order valence-electron chi connectivity index (χ0n) is 20.2. The van der Waals surface area contributed by atoms with Gasteiger partial charge in [-0.25, -0.2) is 4.79 Å². The second-order valence-corrected chi connectivity index (χ2v) is 9.70. The van der Waals surface area contributed by atoms with Gasteiger partial charge in [0.2, 0.25) is 5.91 Å². The van der Waals surface area contributed by atoms with Crippen molar-refractivity contribution in [3.63, 3.8) is 0 Å². The number of likely N-dealkylation sites (tertiary alicyclic amines) is 1. The van der Waals surface area contributed by atoms with Crippen LogP contribution in [0.1, 0.15) is 51.7 Å². The molecule has 8 heteroatoms. The van der Waals surface area contributed by atoms with E-state index in [0.717, 1.165) is 30.8 Å². The van der Waals surface area contributed by atoms with Gasteiger partial charge >= 0.3 is 12.1 Å². The quantitative estimate of drug-likeness (QED) is 0.647. The molecule has 1 aliphatic heterocycles. The van der Waals surface area contributed by atoms with E-state index in [2.05, 4.69) is 21.0 Å². The lowest BCUT2D eigenvalue weighted by Gasteiger charge is -2.38. The van der Waals surface area contributed by atoms with Gasteiger partial charge in [-0.3, -0.25) is 14.5 Å². The van der Waals surface area contributed by atoms with Gasteiger partial charge in [-0.15, -0.1) is 0 Å². The lowest BCUT2D eigenvalue weighted by molar-refractivity contribution is -0.143. The SMILES string of the molecule is COC(=O)CNC(=O)C1(C)CCN(Cc2ccccc2CN(C)C(=O)OC(C)(C)C)CC1. The van der Waals surface area contributed by atoms with E-state index in [1.54, 1.807) is 11.9 Å². The van der Waals surface area contributed by atoms with Gasteiger partial charge in [0.05, 0.1) is 7.11 Å². The zero-order chi connectivity index (χ0) is 23.9. The average molecular weight is 448 g/mol. The van der Waals surface area contributed by atoms with Crippen molar-refractivity contribution in [1.82, 2.24) is 15.1 Å². The van der Waals surface area contributed by atoms with Crippen LogP contribution in [0.2, 0.25) is 0 Å². The Morgan fingerprint density at radius 3 is 2.28 bits per heavy atom. The fourth-order valence-electron chi connectivity index (χ4n) is 3.64. The molecule has 1 N–H and O–H groups in total. The van der Waals surface area contributed by atoms with Gasteiger partial charge in [-0.2, -0.15) is 0 Å². The zero-order valence-corrected chi connectivity index (χ0v) is 20.2. The number of carbonyl (C=O) groups excluding carboxylic acids is 3. The van der Waals surface area contributed by atoms with Gasteiger partial charge in [-0.05, 0) is 57.8 Å². The number of ether oxygens (including phenoxy) is 2. The van der Waals surface area contributed by atoms with E-state index >= 15 is 0 Å². The fraction of sp³-hybridized carbons (Fsp3) is 0.625. The van der Waals surface area contributed by atoms with Crippen molar-refractivity contribution in [1.29, 1.82) is 0 Å². The van der Waals surface area contributed by atoms with Crippen molar-refractivity contribution in [3.05, 3.63) is 35.4 Å². The number of nitrogens with zero attached hydrogens (tertiary/aromatic N) is 2. The topological polar surface area (TPSA) is 88.2 Å². The Morgan fingerprint density at radius 2 is 1.72 bits per heavy atom. The molecule has 0 unspecified atom stereocenters. The highest BCUT2D eigenvalue weighted by atomic mass is 16.6. The molecule has 0 saturated carbocycles. The van der Waals surface area contributed by atoms with Crippen LogP contribution in [0.25, 0.3) is 0 Å². The summed E-state index contributed by atoms with van der Waals surface area (Å²) < 4.78 is 10.0. The van der Waals surface area contributed by atoms with Gasteiger partial charge in [0.1, 0.15) is 12.1 Å². The van der Waals surface area contributed by atoms with Crippen molar-refractivity contribution in [2.75, 3.05) is 33.8 Å². The molecule has 2 amide bonds. The van der Waals surface area contributed by atoms with Gasteiger partial charge in [0, 0.05) is 25.6 Å². The number of amides is 2. The Hall–Kier alpha value is -2.61. The third-order valence-corrected chi connectivity index (χ3v) is 5.75. The predicted molar refractivity (Wildman–Crippen MR) is 122 cm³/mol. The third kappa shape index (κ3) is 7.51. The first kappa shape index (κ1) is 25.6. The lowest BCUT2D eigenvalue weighted by Crippen LogP contribution is -2.48. The van der Waals surface area contributed by atoms with Crippen molar-refractivity contribution < 1.29 is 23.9 Å². The number of benzene rings is 1. The van der Waals surface area contributed by atoms with Crippen LogP contribution in [-0.4, -0.2) is 67.2 Å². The molecule has 0 aromatic heterocycles. The third-order valence-electron chi connectivity index (χ3n) is 5.75. The minimum Gasteiger partial charge on any atom is -0.468 e. The standard InChI is InChI=1S/C24H37N3O5/c1-23(2,3)32-22(30)26(5)16-18-9-7-8-10-19(18)17-27-13-11-24(4,12-14-27)21(29)25-15-20(28)31-6/h7-10H,11-17H2,1-6H3,(H,25,29). The lowest BCUT2D eigenvalue weighted by atomic mass is 9.79. The van der Waals surface area contributed by atoms with E-state index in [9.17, 15) is 14.4 Å². The molecule has 1 aromatic rings. The number of methoxy groups -OCH3 is 1. The van der Waals surface area contributed by atoms with Crippen LogP contribution in [0.5, 0.6) is 0 Å². The maximum Gasteiger partial charge on any atom is 0.410 e. The van der Waals surface area contributed by atoms with Crippen molar-refractivity contribution in [2.45, 2.75) is 59.2 Å². The number of nitrogens with one attached hydrogen (secondary N) is 1. The summed E-state index contributed by atoms with van der Waals surface area (Å²) in [6.45, 7) is 10.2. The molecule has 0 spiro atoms. The Bertz CT molecular complexity index is 810. The minimum atomic E-state index is -0.533. The molecule has 1 aliphatic rings. The maximum atomic E-state index is 12.6. The van der Waals surface area contributed by atoms with Crippen LogP contribution in [0.4, 0.5) is 4.79 Å². The summed E-state index contributed by atoms with van der Waals surface area (Å²) in [5.41, 5.74) is 1.20. The summed E-state index contributed by atoms with van der Waals surface area (Å²) in [5.74, 6) is -0.561. The number of rotatable bonds is 7. The molecule has 1 aromatic carbocycles. The normalized spacial score (nSPS) is 16.2. The van der Waals surface area contributed by atoms with E-state index in [-0.39, 0.29) is 18.5 Å². The summed E-state index contributed by atoms with van der Waals surface area (Å²) in [7, 11) is 3.04. The van der Waals surface area contributed by atoms with Gasteiger partial charge in [0.25, 0.3) is 0 Å². The summed E-state index contributed by atoms with van der Waals surface area (Å²) in [6.07, 6.45) is 1.07. The number of hydrogen-bond donors (Lipinski definition) is 1. The highest BCUT2D eigenvalue weighted by molar-refractivity contribution is 5.86. The summed E-state index contributed by atoms with van der Waals surface area (Å²) in [5, 5.41) is 2.68. The van der Waals surface area contributed by atoms with Gasteiger partial charge < -0.3 is 19.7 Å². The second kappa shape index (κ2) is 10.8. The Morgan fingerprint density at radius 1 is 1.12 bits per heavy atom. The van der Waals surface area contributed by atoms with Crippen molar-refractivity contribution in [2.24, 2.45) is 5.41 Å². The molecule has 178 valence electrons. The molecule has 0 atom stereocenters. The van der Waals surface area contributed by atoms with Crippen LogP contribution in [0, 0.1) is 5.41 Å².